The van der Waals surface area contributed by atoms with Crippen molar-refractivity contribution >= 4 is 20.8 Å². The van der Waals surface area contributed by atoms with Crippen LogP contribution in [0.15, 0.2) is 59.5 Å². The highest BCUT2D eigenvalue weighted by Crippen LogP contribution is 2.07. The molecular weight excluding hydrogens is 325 g/mol. The van der Waals surface area contributed by atoms with Crippen molar-refractivity contribution in [1.82, 2.24) is 4.72 Å². The lowest BCUT2D eigenvalue weighted by Gasteiger charge is -2.07. The van der Waals surface area contributed by atoms with E-state index in [1.54, 1.807) is 24.3 Å². The Morgan fingerprint density at radius 3 is 2.27 bits per heavy atom. The van der Waals surface area contributed by atoms with E-state index in [0.717, 1.165) is 0 Å². The van der Waals surface area contributed by atoms with Crippen molar-refractivity contribution in [3.8, 4) is 0 Å². The third kappa shape index (κ3) is 5.32. The summed E-state index contributed by atoms with van der Waals surface area (Å²) in [6, 6.07) is 14.2. The quantitative estimate of drug-likeness (QED) is 0.838. The van der Waals surface area contributed by atoms with E-state index >= 15 is 0 Å². The average Bonchev–Trinajstić information content (AvgIpc) is 2.50. The Kier molecular flexibility index (Phi) is 5.82. The first-order chi connectivity index (χ1) is 10.5. The average molecular weight is 341 g/mol. The molecule has 0 radical (unpaired) electrons. The molecular formula is C15H16FNO3S2. The topological polar surface area (TPSA) is 63.2 Å². The molecule has 0 fully saturated rings. The largest absolute Gasteiger partial charge is 0.254 e. The van der Waals surface area contributed by atoms with Gasteiger partial charge in [-0.2, -0.15) is 0 Å². The summed E-state index contributed by atoms with van der Waals surface area (Å²) >= 11 is 0. The molecule has 22 heavy (non-hydrogen) atoms. The molecule has 4 nitrogen and oxygen atoms in total. The number of halogens is 1. The van der Waals surface area contributed by atoms with Crippen molar-refractivity contribution in [2.24, 2.45) is 0 Å². The van der Waals surface area contributed by atoms with Crippen LogP contribution in [0.3, 0.4) is 0 Å². The van der Waals surface area contributed by atoms with Gasteiger partial charge in [0.2, 0.25) is 10.0 Å². The van der Waals surface area contributed by atoms with Crippen molar-refractivity contribution in [3.63, 3.8) is 0 Å². The van der Waals surface area contributed by atoms with Crippen molar-refractivity contribution in [2.75, 3.05) is 12.3 Å². The highest BCUT2D eigenvalue weighted by atomic mass is 32.2. The van der Waals surface area contributed by atoms with Gasteiger partial charge in [0.25, 0.3) is 0 Å². The molecule has 0 aliphatic rings. The van der Waals surface area contributed by atoms with E-state index in [0.29, 0.717) is 10.5 Å². The lowest BCUT2D eigenvalue weighted by Crippen LogP contribution is -2.29. The zero-order valence-corrected chi connectivity index (χ0v) is 13.4. The molecule has 118 valence electrons. The van der Waals surface area contributed by atoms with Crippen LogP contribution >= 0.6 is 0 Å². The van der Waals surface area contributed by atoms with Crippen molar-refractivity contribution < 1.29 is 17.0 Å². The number of rotatable bonds is 7. The Labute approximate surface area is 131 Å². The maximum atomic E-state index is 12.8. The summed E-state index contributed by atoms with van der Waals surface area (Å²) in [5.74, 6) is -0.440. The van der Waals surface area contributed by atoms with Crippen LogP contribution in [0.5, 0.6) is 0 Å². The zero-order chi connectivity index (χ0) is 16.0. The third-order valence-corrected chi connectivity index (χ3v) is 5.62. The number of benzene rings is 2. The van der Waals surface area contributed by atoms with E-state index in [-0.39, 0.29) is 18.1 Å². The number of nitrogens with one attached hydrogen (secondary N) is 1. The number of sulfonamides is 1. The predicted molar refractivity (Wildman–Crippen MR) is 84.7 cm³/mol. The molecule has 0 bridgehead atoms. The highest BCUT2D eigenvalue weighted by molar-refractivity contribution is 7.88. The van der Waals surface area contributed by atoms with E-state index in [1.165, 1.54) is 24.3 Å². The third-order valence-electron chi connectivity index (χ3n) is 2.89. The van der Waals surface area contributed by atoms with E-state index in [1.807, 2.05) is 6.07 Å². The smallest absolute Gasteiger partial charge is 0.215 e. The number of hydrogen-bond acceptors (Lipinski definition) is 3. The van der Waals surface area contributed by atoms with Crippen molar-refractivity contribution in [2.45, 2.75) is 10.6 Å². The van der Waals surface area contributed by atoms with Crippen LogP contribution in [-0.4, -0.2) is 24.9 Å². The minimum absolute atomic E-state index is 0.0883. The van der Waals surface area contributed by atoms with E-state index in [4.69, 9.17) is 0 Å². The second kappa shape index (κ2) is 7.62. The zero-order valence-electron chi connectivity index (χ0n) is 11.7. The molecule has 1 N–H and O–H groups in total. The molecule has 0 saturated carbocycles. The van der Waals surface area contributed by atoms with Gasteiger partial charge in [-0.25, -0.2) is 17.5 Å². The molecule has 0 spiro atoms. The van der Waals surface area contributed by atoms with Crippen LogP contribution in [0.25, 0.3) is 0 Å². The Bertz CT molecular complexity index is 731. The first kappa shape index (κ1) is 16.8. The summed E-state index contributed by atoms with van der Waals surface area (Å²) < 4.78 is 50.9. The molecule has 0 aliphatic carbocycles. The second-order valence-electron chi connectivity index (χ2n) is 4.64. The molecule has 2 rings (SSSR count). The summed E-state index contributed by atoms with van der Waals surface area (Å²) in [4.78, 5) is 0.667. The first-order valence-electron chi connectivity index (χ1n) is 6.61. The monoisotopic (exact) mass is 341 g/mol. The Hall–Kier alpha value is -1.57. The van der Waals surface area contributed by atoms with Crippen LogP contribution in [0, 0.1) is 5.82 Å². The van der Waals surface area contributed by atoms with Gasteiger partial charge in [-0.3, -0.25) is 4.21 Å². The van der Waals surface area contributed by atoms with Gasteiger partial charge in [-0.15, -0.1) is 0 Å². The van der Waals surface area contributed by atoms with Gasteiger partial charge in [0.1, 0.15) is 5.82 Å². The van der Waals surface area contributed by atoms with Crippen molar-refractivity contribution in [1.29, 1.82) is 0 Å². The lowest BCUT2D eigenvalue weighted by molar-refractivity contribution is 0.582. The molecule has 0 saturated heterocycles. The van der Waals surface area contributed by atoms with Crippen LogP contribution in [-0.2, 0) is 26.6 Å². The van der Waals surface area contributed by atoms with Gasteiger partial charge in [-0.1, -0.05) is 30.3 Å². The van der Waals surface area contributed by atoms with E-state index < -0.39 is 26.6 Å². The van der Waals surface area contributed by atoms with Crippen molar-refractivity contribution in [3.05, 3.63) is 66.0 Å². The molecule has 0 aromatic heterocycles. The van der Waals surface area contributed by atoms with Gasteiger partial charge >= 0.3 is 0 Å². The Morgan fingerprint density at radius 1 is 1.00 bits per heavy atom. The van der Waals surface area contributed by atoms with Gasteiger partial charge in [0, 0.05) is 17.2 Å². The summed E-state index contributed by atoms with van der Waals surface area (Å²) in [6.45, 7) is 0.0883. The summed E-state index contributed by atoms with van der Waals surface area (Å²) in [6.07, 6.45) is 0. The van der Waals surface area contributed by atoms with Crippen LogP contribution in [0.2, 0.25) is 0 Å². The fourth-order valence-corrected chi connectivity index (χ4v) is 4.09. The van der Waals surface area contributed by atoms with Crippen LogP contribution < -0.4 is 4.72 Å². The molecule has 2 aromatic rings. The fraction of sp³-hybridized carbons (Fsp3) is 0.200. The molecule has 0 heterocycles. The molecule has 1 atom stereocenters. The minimum atomic E-state index is -3.53. The van der Waals surface area contributed by atoms with Gasteiger partial charge in [0.05, 0.1) is 16.6 Å². The minimum Gasteiger partial charge on any atom is -0.254 e. The number of hydrogen-bond donors (Lipinski definition) is 1. The Balaban J connectivity index is 1.85. The molecule has 0 amide bonds. The molecule has 0 aliphatic heterocycles. The normalized spacial score (nSPS) is 13.0. The van der Waals surface area contributed by atoms with Gasteiger partial charge in [0.15, 0.2) is 0 Å². The van der Waals surface area contributed by atoms with Gasteiger partial charge < -0.3 is 0 Å². The first-order valence-corrected chi connectivity index (χ1v) is 9.58. The fourth-order valence-electron chi connectivity index (χ4n) is 1.83. The molecule has 2 aromatic carbocycles. The standard InChI is InChI=1S/C15H16FNO3S2/c16-14-8-6-13(7-9-14)12-22(19,20)17-10-11-21(18)15-4-2-1-3-5-15/h1-9,17H,10-12H2. The molecule has 1 unspecified atom stereocenters. The van der Waals surface area contributed by atoms with Crippen LogP contribution in [0.4, 0.5) is 4.39 Å². The maximum absolute atomic E-state index is 12.8. The Morgan fingerprint density at radius 2 is 1.64 bits per heavy atom. The predicted octanol–water partition coefficient (Wildman–Crippen LogP) is 2.05. The lowest BCUT2D eigenvalue weighted by atomic mass is 10.2. The summed E-state index contributed by atoms with van der Waals surface area (Å²) in [7, 11) is -4.78. The van der Waals surface area contributed by atoms with Gasteiger partial charge in [-0.05, 0) is 29.8 Å². The SMILES string of the molecule is O=S(CCNS(=O)(=O)Cc1ccc(F)cc1)c1ccccc1. The second-order valence-corrected chi connectivity index (χ2v) is 8.02. The van der Waals surface area contributed by atoms with E-state index in [9.17, 15) is 17.0 Å². The van der Waals surface area contributed by atoms with E-state index in [2.05, 4.69) is 4.72 Å². The maximum Gasteiger partial charge on any atom is 0.215 e. The van der Waals surface area contributed by atoms with Crippen LogP contribution in [0.1, 0.15) is 5.56 Å². The molecule has 7 heteroatoms. The summed E-state index contributed by atoms with van der Waals surface area (Å²) in [5.41, 5.74) is 0.498. The summed E-state index contributed by atoms with van der Waals surface area (Å²) in [5, 5.41) is 0. The highest BCUT2D eigenvalue weighted by Gasteiger charge is 2.12.